The van der Waals surface area contributed by atoms with Crippen molar-refractivity contribution in [2.24, 2.45) is 5.73 Å². The number of rotatable bonds is 9. The van der Waals surface area contributed by atoms with E-state index in [0.717, 1.165) is 5.56 Å². The van der Waals surface area contributed by atoms with E-state index in [1.165, 1.54) is 0 Å². The lowest BCUT2D eigenvalue weighted by molar-refractivity contribution is -0.129. The van der Waals surface area contributed by atoms with E-state index >= 15 is 0 Å². The maximum atomic E-state index is 12.0. The highest BCUT2D eigenvalue weighted by Crippen LogP contribution is 2.03. The van der Waals surface area contributed by atoms with Gasteiger partial charge in [-0.1, -0.05) is 30.3 Å². The Bertz CT molecular complexity index is 548. The first-order valence-corrected chi connectivity index (χ1v) is 7.08. The molecule has 0 bridgehead atoms. The molecular formula is C15H20N4O4. The first-order valence-electron chi connectivity index (χ1n) is 7.08. The fourth-order valence-corrected chi connectivity index (χ4v) is 1.82. The maximum absolute atomic E-state index is 12.0. The summed E-state index contributed by atoms with van der Waals surface area (Å²) in [5.74, 6) is -1.46. The highest BCUT2D eigenvalue weighted by Gasteiger charge is 2.21. The number of hydrogen-bond donors (Lipinski definition) is 4. The van der Waals surface area contributed by atoms with Gasteiger partial charge in [0.2, 0.25) is 17.7 Å². The molecular weight excluding hydrogens is 300 g/mol. The summed E-state index contributed by atoms with van der Waals surface area (Å²) in [5, 5.41) is 7.26. The van der Waals surface area contributed by atoms with Crippen molar-refractivity contribution in [3.63, 3.8) is 0 Å². The van der Waals surface area contributed by atoms with Crippen molar-refractivity contribution in [2.45, 2.75) is 12.5 Å². The van der Waals surface area contributed by atoms with E-state index in [2.05, 4.69) is 16.0 Å². The summed E-state index contributed by atoms with van der Waals surface area (Å²) in [7, 11) is 0. The zero-order valence-corrected chi connectivity index (χ0v) is 12.6. The van der Waals surface area contributed by atoms with Gasteiger partial charge in [-0.15, -0.1) is 0 Å². The second-order valence-corrected chi connectivity index (χ2v) is 4.70. The van der Waals surface area contributed by atoms with Crippen LogP contribution in [-0.4, -0.2) is 49.7 Å². The minimum absolute atomic E-state index is 0.135. The Labute approximate surface area is 133 Å². The maximum Gasteiger partial charge on any atom is 0.243 e. The van der Waals surface area contributed by atoms with Crippen molar-refractivity contribution in [2.75, 3.05) is 19.6 Å². The van der Waals surface area contributed by atoms with E-state index in [4.69, 9.17) is 5.73 Å². The number of carbonyl (C=O) groups is 4. The van der Waals surface area contributed by atoms with Gasteiger partial charge in [0.1, 0.15) is 12.3 Å². The Morgan fingerprint density at radius 2 is 1.78 bits per heavy atom. The van der Waals surface area contributed by atoms with E-state index in [1.54, 1.807) is 0 Å². The Hall–Kier alpha value is -2.74. The van der Waals surface area contributed by atoms with Crippen molar-refractivity contribution < 1.29 is 19.2 Å². The number of nitrogens with one attached hydrogen (secondary N) is 3. The molecule has 0 aliphatic carbocycles. The minimum atomic E-state index is -0.848. The monoisotopic (exact) mass is 320 g/mol. The van der Waals surface area contributed by atoms with Crippen molar-refractivity contribution in [1.82, 2.24) is 16.0 Å². The van der Waals surface area contributed by atoms with Crippen LogP contribution < -0.4 is 21.7 Å². The summed E-state index contributed by atoms with van der Waals surface area (Å²) >= 11 is 0. The quantitative estimate of drug-likeness (QED) is 0.395. The van der Waals surface area contributed by atoms with Crippen molar-refractivity contribution >= 4 is 24.0 Å². The highest BCUT2D eigenvalue weighted by atomic mass is 16.2. The molecule has 0 spiro atoms. The van der Waals surface area contributed by atoms with E-state index in [-0.39, 0.29) is 26.1 Å². The largest absolute Gasteiger partial charge is 0.348 e. The molecule has 0 saturated carbocycles. The molecule has 0 aliphatic heterocycles. The molecule has 8 nitrogen and oxygen atoms in total. The smallest absolute Gasteiger partial charge is 0.243 e. The van der Waals surface area contributed by atoms with Crippen LogP contribution in [0.4, 0.5) is 0 Å². The molecule has 3 amide bonds. The molecule has 0 unspecified atom stereocenters. The summed E-state index contributed by atoms with van der Waals surface area (Å²) in [6.07, 6.45) is 0.822. The van der Waals surface area contributed by atoms with E-state index in [1.807, 2.05) is 30.3 Å². The van der Waals surface area contributed by atoms with E-state index < -0.39 is 23.8 Å². The molecule has 124 valence electrons. The molecule has 1 aromatic rings. The number of nitrogens with two attached hydrogens (primary N) is 1. The minimum Gasteiger partial charge on any atom is -0.348 e. The van der Waals surface area contributed by atoms with Gasteiger partial charge in [0.05, 0.1) is 19.6 Å². The van der Waals surface area contributed by atoms with Crippen LogP contribution in [0.15, 0.2) is 30.3 Å². The summed E-state index contributed by atoms with van der Waals surface area (Å²) in [5.41, 5.74) is 5.98. The first-order chi connectivity index (χ1) is 11.1. The second kappa shape index (κ2) is 10.1. The highest BCUT2D eigenvalue weighted by molar-refractivity contribution is 5.91. The van der Waals surface area contributed by atoms with Crippen LogP contribution >= 0.6 is 0 Å². The number of aldehydes is 1. The normalized spacial score (nSPS) is 11.2. The molecule has 5 N–H and O–H groups in total. The molecule has 1 aromatic carbocycles. The predicted octanol–water partition coefficient (Wildman–Crippen LogP) is -1.90. The van der Waals surface area contributed by atoms with Crippen LogP contribution in [0.2, 0.25) is 0 Å². The third-order valence-corrected chi connectivity index (χ3v) is 2.93. The lowest BCUT2D eigenvalue weighted by Gasteiger charge is -2.18. The van der Waals surface area contributed by atoms with Crippen molar-refractivity contribution in [3.8, 4) is 0 Å². The zero-order chi connectivity index (χ0) is 17.1. The number of carbonyl (C=O) groups excluding carboxylic acids is 4. The fraction of sp³-hybridized carbons (Fsp3) is 0.333. The van der Waals surface area contributed by atoms with Gasteiger partial charge in [0, 0.05) is 6.42 Å². The van der Waals surface area contributed by atoms with Crippen LogP contribution in [0.25, 0.3) is 0 Å². The predicted molar refractivity (Wildman–Crippen MR) is 83.2 cm³/mol. The number of amides is 3. The second-order valence-electron chi connectivity index (χ2n) is 4.70. The van der Waals surface area contributed by atoms with Gasteiger partial charge < -0.3 is 26.5 Å². The summed E-state index contributed by atoms with van der Waals surface area (Å²) in [6, 6.07) is 8.27. The third kappa shape index (κ3) is 7.18. The lowest BCUT2D eigenvalue weighted by atomic mass is 10.1. The Morgan fingerprint density at radius 1 is 1.09 bits per heavy atom. The molecule has 0 heterocycles. The molecule has 0 aliphatic rings. The van der Waals surface area contributed by atoms with Crippen LogP contribution in [0.3, 0.4) is 0 Å². The molecule has 0 saturated heterocycles. The van der Waals surface area contributed by atoms with Crippen LogP contribution in [0.5, 0.6) is 0 Å². The van der Waals surface area contributed by atoms with Gasteiger partial charge in [0.15, 0.2) is 0 Å². The van der Waals surface area contributed by atoms with Gasteiger partial charge in [-0.2, -0.15) is 0 Å². The van der Waals surface area contributed by atoms with E-state index in [0.29, 0.717) is 6.29 Å². The zero-order valence-electron chi connectivity index (χ0n) is 12.6. The van der Waals surface area contributed by atoms with Gasteiger partial charge in [-0.05, 0) is 5.56 Å². The van der Waals surface area contributed by atoms with Gasteiger partial charge in [-0.25, -0.2) is 0 Å². The molecule has 0 fully saturated rings. The van der Waals surface area contributed by atoms with Crippen molar-refractivity contribution in [1.29, 1.82) is 0 Å². The summed E-state index contributed by atoms with van der Waals surface area (Å²) < 4.78 is 0. The molecule has 0 radical (unpaired) electrons. The molecule has 1 rings (SSSR count). The molecule has 23 heavy (non-hydrogen) atoms. The van der Waals surface area contributed by atoms with Crippen LogP contribution in [-0.2, 0) is 25.6 Å². The Kier molecular flexibility index (Phi) is 8.01. The van der Waals surface area contributed by atoms with Crippen molar-refractivity contribution in [3.05, 3.63) is 35.9 Å². The van der Waals surface area contributed by atoms with E-state index in [9.17, 15) is 19.2 Å². The molecule has 8 heteroatoms. The van der Waals surface area contributed by atoms with Gasteiger partial charge in [0.25, 0.3) is 0 Å². The van der Waals surface area contributed by atoms with Crippen LogP contribution in [0.1, 0.15) is 5.56 Å². The Balaban J connectivity index is 2.66. The number of benzene rings is 1. The average Bonchev–Trinajstić information content (AvgIpc) is 2.57. The van der Waals surface area contributed by atoms with Crippen LogP contribution in [0, 0.1) is 0 Å². The Morgan fingerprint density at radius 3 is 2.39 bits per heavy atom. The third-order valence-electron chi connectivity index (χ3n) is 2.93. The SMILES string of the molecule is NCC(=O)NCC(=O)N[C@@H](Cc1ccccc1)C(=O)NCC=O. The summed E-state index contributed by atoms with van der Waals surface area (Å²) in [4.78, 5) is 45.3. The summed E-state index contributed by atoms with van der Waals surface area (Å²) in [6.45, 7) is -0.632. The standard InChI is InChI=1S/C15H20N4O4/c16-9-13(21)18-10-14(22)19-12(15(23)17-6-7-20)8-11-4-2-1-3-5-11/h1-5,7,12H,6,8-10,16H2,(H,17,23)(H,18,21)(H,19,22)/t12-/m0/s1. The van der Waals surface area contributed by atoms with Gasteiger partial charge >= 0.3 is 0 Å². The lowest BCUT2D eigenvalue weighted by Crippen LogP contribution is -2.51. The van der Waals surface area contributed by atoms with Gasteiger partial charge in [-0.3, -0.25) is 14.4 Å². The molecule has 1 atom stereocenters. The average molecular weight is 320 g/mol. The number of hydrogen-bond acceptors (Lipinski definition) is 5. The fourth-order valence-electron chi connectivity index (χ4n) is 1.82. The topological polar surface area (TPSA) is 130 Å². The first kappa shape index (κ1) is 18.3. The molecule has 0 aromatic heterocycles.